The lowest BCUT2D eigenvalue weighted by Crippen LogP contribution is -2.28. The first-order valence-electron chi connectivity index (χ1n) is 7.85. The SMILES string of the molecule is COc1ccc(SCC(=O)N[C@@H](C)c2cc(OC)ccc2OC)cc1. The van der Waals surface area contributed by atoms with E-state index in [9.17, 15) is 4.79 Å². The molecule has 0 aliphatic carbocycles. The molecular formula is C19H23NO4S. The zero-order valence-electron chi connectivity index (χ0n) is 14.9. The van der Waals surface area contributed by atoms with Gasteiger partial charge in [0, 0.05) is 10.5 Å². The molecule has 0 unspecified atom stereocenters. The Labute approximate surface area is 152 Å². The average Bonchev–Trinajstić information content (AvgIpc) is 2.66. The van der Waals surface area contributed by atoms with Crippen LogP contribution in [0, 0.1) is 0 Å². The molecule has 0 aliphatic rings. The first-order valence-corrected chi connectivity index (χ1v) is 8.84. The summed E-state index contributed by atoms with van der Waals surface area (Å²) in [5, 5.41) is 2.99. The quantitative estimate of drug-likeness (QED) is 0.727. The molecule has 0 fully saturated rings. The monoisotopic (exact) mass is 361 g/mol. The van der Waals surface area contributed by atoms with Gasteiger partial charge in [0.2, 0.25) is 5.91 Å². The van der Waals surface area contributed by atoms with E-state index in [1.165, 1.54) is 11.8 Å². The number of ether oxygens (including phenoxy) is 3. The van der Waals surface area contributed by atoms with Crippen molar-refractivity contribution in [1.29, 1.82) is 0 Å². The van der Waals surface area contributed by atoms with Crippen LogP contribution in [0.25, 0.3) is 0 Å². The zero-order valence-corrected chi connectivity index (χ0v) is 15.7. The highest BCUT2D eigenvalue weighted by molar-refractivity contribution is 8.00. The van der Waals surface area contributed by atoms with Crippen molar-refractivity contribution in [3.8, 4) is 17.2 Å². The summed E-state index contributed by atoms with van der Waals surface area (Å²) in [5.74, 6) is 2.54. The number of benzene rings is 2. The minimum atomic E-state index is -0.186. The van der Waals surface area contributed by atoms with E-state index in [1.54, 1.807) is 21.3 Å². The van der Waals surface area contributed by atoms with Crippen molar-refractivity contribution in [3.05, 3.63) is 48.0 Å². The second-order valence-corrected chi connectivity index (χ2v) is 6.41. The fourth-order valence-corrected chi connectivity index (χ4v) is 3.07. The number of methoxy groups -OCH3 is 3. The summed E-state index contributed by atoms with van der Waals surface area (Å²) in [4.78, 5) is 13.3. The second-order valence-electron chi connectivity index (χ2n) is 5.36. The molecule has 25 heavy (non-hydrogen) atoms. The van der Waals surface area contributed by atoms with E-state index in [0.717, 1.165) is 27.7 Å². The van der Waals surface area contributed by atoms with Crippen LogP contribution >= 0.6 is 11.8 Å². The van der Waals surface area contributed by atoms with Gasteiger partial charge in [-0.3, -0.25) is 4.79 Å². The average molecular weight is 361 g/mol. The van der Waals surface area contributed by atoms with Gasteiger partial charge in [0.15, 0.2) is 0 Å². The van der Waals surface area contributed by atoms with Crippen molar-refractivity contribution in [2.24, 2.45) is 0 Å². The number of hydrogen-bond acceptors (Lipinski definition) is 5. The molecule has 1 atom stereocenters. The molecular weight excluding hydrogens is 338 g/mol. The van der Waals surface area contributed by atoms with Crippen molar-refractivity contribution < 1.29 is 19.0 Å². The van der Waals surface area contributed by atoms with Crippen molar-refractivity contribution >= 4 is 17.7 Å². The topological polar surface area (TPSA) is 56.8 Å². The maximum Gasteiger partial charge on any atom is 0.230 e. The summed E-state index contributed by atoms with van der Waals surface area (Å²) in [7, 11) is 4.85. The first kappa shape index (κ1) is 19.0. The highest BCUT2D eigenvalue weighted by atomic mass is 32.2. The lowest BCUT2D eigenvalue weighted by atomic mass is 10.1. The largest absolute Gasteiger partial charge is 0.497 e. The normalized spacial score (nSPS) is 11.5. The van der Waals surface area contributed by atoms with Gasteiger partial charge in [-0.2, -0.15) is 0 Å². The third kappa shape index (κ3) is 5.32. The van der Waals surface area contributed by atoms with Crippen LogP contribution in [0.5, 0.6) is 17.2 Å². The molecule has 0 bridgehead atoms. The Kier molecular flexibility index (Phi) is 7.01. The molecule has 0 aliphatic heterocycles. The first-order chi connectivity index (χ1) is 12.1. The lowest BCUT2D eigenvalue weighted by Gasteiger charge is -2.18. The van der Waals surface area contributed by atoms with Crippen LogP contribution in [0.15, 0.2) is 47.4 Å². The molecule has 0 saturated heterocycles. The summed E-state index contributed by atoms with van der Waals surface area (Å²) in [5.41, 5.74) is 0.879. The number of rotatable bonds is 8. The molecule has 2 aromatic rings. The Hall–Kier alpha value is -2.34. The van der Waals surface area contributed by atoms with Gasteiger partial charge < -0.3 is 19.5 Å². The predicted octanol–water partition coefficient (Wildman–Crippen LogP) is 3.68. The highest BCUT2D eigenvalue weighted by Gasteiger charge is 2.15. The molecule has 0 heterocycles. The van der Waals surface area contributed by atoms with E-state index in [4.69, 9.17) is 14.2 Å². The molecule has 5 nitrogen and oxygen atoms in total. The summed E-state index contributed by atoms with van der Waals surface area (Å²) >= 11 is 1.48. The van der Waals surface area contributed by atoms with E-state index in [0.29, 0.717) is 5.75 Å². The smallest absolute Gasteiger partial charge is 0.230 e. The Morgan fingerprint density at radius 3 is 2.24 bits per heavy atom. The van der Waals surface area contributed by atoms with Crippen LogP contribution < -0.4 is 19.5 Å². The predicted molar refractivity (Wildman–Crippen MR) is 99.8 cm³/mol. The summed E-state index contributed by atoms with van der Waals surface area (Å²) in [6.07, 6.45) is 0. The number of carbonyl (C=O) groups is 1. The van der Waals surface area contributed by atoms with E-state index in [1.807, 2.05) is 49.4 Å². The number of amides is 1. The van der Waals surface area contributed by atoms with Gasteiger partial charge in [-0.1, -0.05) is 0 Å². The molecule has 0 radical (unpaired) electrons. The van der Waals surface area contributed by atoms with Gasteiger partial charge >= 0.3 is 0 Å². The van der Waals surface area contributed by atoms with Crippen LogP contribution in [0.4, 0.5) is 0 Å². The number of nitrogens with one attached hydrogen (secondary N) is 1. The van der Waals surface area contributed by atoms with E-state index in [-0.39, 0.29) is 11.9 Å². The Balaban J connectivity index is 1.95. The fourth-order valence-electron chi connectivity index (χ4n) is 2.36. The van der Waals surface area contributed by atoms with Crippen molar-refractivity contribution in [3.63, 3.8) is 0 Å². The summed E-state index contributed by atoms with van der Waals surface area (Å²) < 4.78 is 15.8. The standard InChI is InChI=1S/C19H23NO4S/c1-13(17-11-15(23-3)7-10-18(17)24-4)20-19(21)12-25-16-8-5-14(22-2)6-9-16/h5-11,13H,12H2,1-4H3,(H,20,21)/t13-/m0/s1. The third-order valence-corrected chi connectivity index (χ3v) is 4.72. The summed E-state index contributed by atoms with van der Waals surface area (Å²) in [6.45, 7) is 1.92. The molecule has 0 saturated carbocycles. The van der Waals surface area contributed by atoms with Gasteiger partial charge in [-0.15, -0.1) is 11.8 Å². The lowest BCUT2D eigenvalue weighted by molar-refractivity contribution is -0.119. The molecule has 134 valence electrons. The molecule has 6 heteroatoms. The maximum atomic E-state index is 12.2. The fraction of sp³-hybridized carbons (Fsp3) is 0.316. The molecule has 2 aromatic carbocycles. The van der Waals surface area contributed by atoms with Gasteiger partial charge in [0.25, 0.3) is 0 Å². The molecule has 1 N–H and O–H groups in total. The summed E-state index contributed by atoms with van der Waals surface area (Å²) in [6, 6.07) is 13.0. The van der Waals surface area contributed by atoms with E-state index < -0.39 is 0 Å². The zero-order chi connectivity index (χ0) is 18.2. The molecule has 0 aromatic heterocycles. The number of thioether (sulfide) groups is 1. The molecule has 0 spiro atoms. The van der Waals surface area contributed by atoms with Gasteiger partial charge in [0.1, 0.15) is 17.2 Å². The van der Waals surface area contributed by atoms with Crippen LogP contribution in [-0.4, -0.2) is 33.0 Å². The second kappa shape index (κ2) is 9.22. The number of hydrogen-bond donors (Lipinski definition) is 1. The van der Waals surface area contributed by atoms with Gasteiger partial charge in [-0.25, -0.2) is 0 Å². The van der Waals surface area contributed by atoms with E-state index in [2.05, 4.69) is 5.32 Å². The Bertz CT molecular complexity index is 703. The minimum absolute atomic E-state index is 0.0433. The Morgan fingerprint density at radius 2 is 1.64 bits per heavy atom. The number of carbonyl (C=O) groups excluding carboxylic acids is 1. The minimum Gasteiger partial charge on any atom is -0.497 e. The molecule has 1 amide bonds. The van der Waals surface area contributed by atoms with Crippen molar-refractivity contribution in [2.75, 3.05) is 27.1 Å². The molecule has 2 rings (SSSR count). The van der Waals surface area contributed by atoms with Crippen LogP contribution in [0.1, 0.15) is 18.5 Å². The third-order valence-electron chi connectivity index (χ3n) is 3.71. The highest BCUT2D eigenvalue weighted by Crippen LogP contribution is 2.29. The van der Waals surface area contributed by atoms with E-state index >= 15 is 0 Å². The van der Waals surface area contributed by atoms with Crippen molar-refractivity contribution in [2.45, 2.75) is 17.9 Å². The van der Waals surface area contributed by atoms with Crippen molar-refractivity contribution in [1.82, 2.24) is 5.32 Å². The maximum absolute atomic E-state index is 12.2. The van der Waals surface area contributed by atoms with Gasteiger partial charge in [0.05, 0.1) is 33.1 Å². The van der Waals surface area contributed by atoms with Gasteiger partial charge in [-0.05, 0) is 49.4 Å². The van der Waals surface area contributed by atoms with Crippen LogP contribution in [0.2, 0.25) is 0 Å². The Morgan fingerprint density at radius 1 is 1.00 bits per heavy atom. The van der Waals surface area contributed by atoms with Crippen LogP contribution in [0.3, 0.4) is 0 Å². The van der Waals surface area contributed by atoms with Crippen LogP contribution in [-0.2, 0) is 4.79 Å².